The Kier molecular flexibility index (Phi) is 6.22. The first-order chi connectivity index (χ1) is 21.2. The fraction of sp³-hybridized carbons (Fsp3) is 0.156. The third-order valence-electron chi connectivity index (χ3n) is 7.78. The van der Waals surface area contributed by atoms with Crippen molar-refractivity contribution in [3.8, 4) is 0 Å². The van der Waals surface area contributed by atoms with Crippen LogP contribution in [0, 0.1) is 18.6 Å². The van der Waals surface area contributed by atoms with Crippen LogP contribution in [0.3, 0.4) is 0 Å². The van der Waals surface area contributed by atoms with Crippen LogP contribution in [0.1, 0.15) is 49.5 Å². The van der Waals surface area contributed by atoms with Crippen LogP contribution in [0.4, 0.5) is 19.6 Å². The van der Waals surface area contributed by atoms with Crippen LogP contribution in [0.5, 0.6) is 0 Å². The van der Waals surface area contributed by atoms with Crippen LogP contribution in [-0.4, -0.2) is 29.4 Å². The molecule has 9 nitrogen and oxygen atoms in total. The molecule has 1 spiro atoms. The summed E-state index contributed by atoms with van der Waals surface area (Å²) in [6.07, 6.45) is 0. The number of halogens is 2. The van der Waals surface area contributed by atoms with Crippen LogP contribution in [0.25, 0.3) is 11.0 Å². The summed E-state index contributed by atoms with van der Waals surface area (Å²) in [6, 6.07) is 15.6. The minimum absolute atomic E-state index is 0.0201. The summed E-state index contributed by atoms with van der Waals surface area (Å²) in [6.45, 7) is 3.31. The molecule has 0 aliphatic carbocycles. The number of rotatable bonds is 5. The molecule has 7 rings (SSSR count). The maximum Gasteiger partial charge on any atom is 0.350 e. The van der Waals surface area contributed by atoms with Gasteiger partial charge in [-0.2, -0.15) is 0 Å². The number of thiazole rings is 1. The molecule has 0 bridgehead atoms. The van der Waals surface area contributed by atoms with Gasteiger partial charge < -0.3 is 14.1 Å². The van der Waals surface area contributed by atoms with Crippen LogP contribution < -0.4 is 15.2 Å². The summed E-state index contributed by atoms with van der Waals surface area (Å²) in [4.78, 5) is 63.4. The maximum atomic E-state index is 14.9. The van der Waals surface area contributed by atoms with Gasteiger partial charge in [0.05, 0.1) is 35.5 Å². The normalized spacial score (nSPS) is 17.1. The second-order valence-corrected chi connectivity index (χ2v) is 11.3. The average Bonchev–Trinajstić information content (AvgIpc) is 3.59. The van der Waals surface area contributed by atoms with Gasteiger partial charge >= 0.3 is 5.97 Å². The summed E-state index contributed by atoms with van der Waals surface area (Å²) in [5.74, 6) is -3.72. The number of para-hydroxylation sites is 1. The van der Waals surface area contributed by atoms with Gasteiger partial charge in [-0.15, -0.1) is 0 Å². The minimum atomic E-state index is -2.11. The van der Waals surface area contributed by atoms with E-state index in [1.807, 2.05) is 0 Å². The van der Waals surface area contributed by atoms with Gasteiger partial charge in [0.1, 0.15) is 22.1 Å². The molecule has 3 aromatic carbocycles. The molecule has 0 N–H and O–H groups in total. The number of carbonyl (C=O) groups excluding carboxylic acids is 3. The molecule has 2 amide bonds. The third kappa shape index (κ3) is 3.77. The molecular formula is C32H21F2N3O6S. The van der Waals surface area contributed by atoms with Gasteiger partial charge in [0, 0.05) is 5.56 Å². The van der Waals surface area contributed by atoms with Crippen LogP contribution in [0.15, 0.2) is 75.9 Å². The van der Waals surface area contributed by atoms with E-state index >= 15 is 0 Å². The monoisotopic (exact) mass is 613 g/mol. The van der Waals surface area contributed by atoms with Crippen molar-refractivity contribution < 1.29 is 32.3 Å². The topological polar surface area (TPSA) is 110 Å². The van der Waals surface area contributed by atoms with E-state index < -0.39 is 46.1 Å². The van der Waals surface area contributed by atoms with E-state index in [-0.39, 0.29) is 51.0 Å². The number of hydrogen-bond donors (Lipinski definition) is 0. The van der Waals surface area contributed by atoms with Gasteiger partial charge in [-0.25, -0.2) is 18.6 Å². The van der Waals surface area contributed by atoms with E-state index in [4.69, 9.17) is 9.15 Å². The molecule has 0 saturated heterocycles. The van der Waals surface area contributed by atoms with Gasteiger partial charge in [0.15, 0.2) is 16.1 Å². The number of amides is 2. The lowest BCUT2D eigenvalue weighted by Gasteiger charge is -2.32. The highest BCUT2D eigenvalue weighted by atomic mass is 32.1. The Bertz CT molecular complexity index is 2110. The second-order valence-electron chi connectivity index (χ2n) is 10.3. The standard InChI is InChI=1S/C32H21F2N3O6S/c1-3-42-29(40)27-16(2)35-31(44-27)37-28(39)26-24(25(38)20-14-19(34)12-13-23(20)43-26)32(37)21-6-4-5-7-22(21)36(30(32)41)15-17-8-10-18(33)11-9-17/h4-14H,3,15H2,1-2H3. The molecule has 0 fully saturated rings. The molecule has 2 aromatic heterocycles. The Hall–Kier alpha value is -5.23. The number of aryl methyl sites for hydroxylation is 1. The Morgan fingerprint density at radius 1 is 1.02 bits per heavy atom. The zero-order chi connectivity index (χ0) is 30.9. The van der Waals surface area contributed by atoms with Crippen molar-refractivity contribution in [1.82, 2.24) is 4.98 Å². The number of hydrogen-bond acceptors (Lipinski definition) is 8. The molecule has 2 aliphatic heterocycles. The number of nitrogens with zero attached hydrogens (tertiary/aromatic N) is 3. The predicted molar refractivity (Wildman–Crippen MR) is 157 cm³/mol. The Balaban J connectivity index is 1.53. The fourth-order valence-electron chi connectivity index (χ4n) is 5.93. The van der Waals surface area contributed by atoms with Gasteiger partial charge in [0.2, 0.25) is 5.76 Å². The Morgan fingerprint density at radius 3 is 2.50 bits per heavy atom. The quantitative estimate of drug-likeness (QED) is 0.242. The number of benzene rings is 3. The highest BCUT2D eigenvalue weighted by Crippen LogP contribution is 2.55. The molecule has 1 unspecified atom stereocenters. The summed E-state index contributed by atoms with van der Waals surface area (Å²) in [5.41, 5.74) is -1.67. The second kappa shape index (κ2) is 9.91. The van der Waals surface area contributed by atoms with Crippen molar-refractivity contribution in [2.45, 2.75) is 25.9 Å². The largest absolute Gasteiger partial charge is 0.462 e. The molecule has 5 aromatic rings. The molecular weight excluding hydrogens is 592 g/mol. The molecule has 12 heteroatoms. The lowest BCUT2D eigenvalue weighted by Crippen LogP contribution is -2.53. The lowest BCUT2D eigenvalue weighted by atomic mass is 9.84. The summed E-state index contributed by atoms with van der Waals surface area (Å²) in [5, 5.41) is -0.189. The van der Waals surface area contributed by atoms with Gasteiger partial charge in [-0.1, -0.05) is 41.7 Å². The molecule has 44 heavy (non-hydrogen) atoms. The summed E-state index contributed by atoms with van der Waals surface area (Å²) >= 11 is 0.839. The Labute approximate surface area is 251 Å². The fourth-order valence-corrected chi connectivity index (χ4v) is 6.94. The van der Waals surface area contributed by atoms with Crippen LogP contribution >= 0.6 is 11.3 Å². The van der Waals surface area contributed by atoms with Gasteiger partial charge in [0.25, 0.3) is 11.8 Å². The van der Waals surface area contributed by atoms with E-state index in [0.29, 0.717) is 11.3 Å². The summed E-state index contributed by atoms with van der Waals surface area (Å²) < 4.78 is 39.2. The number of aromatic nitrogens is 1. The molecule has 220 valence electrons. The minimum Gasteiger partial charge on any atom is -0.462 e. The highest BCUT2D eigenvalue weighted by molar-refractivity contribution is 7.17. The van der Waals surface area contributed by atoms with Crippen molar-refractivity contribution in [2.24, 2.45) is 0 Å². The molecule has 1 atom stereocenters. The molecule has 4 heterocycles. The van der Waals surface area contributed by atoms with Crippen molar-refractivity contribution in [3.63, 3.8) is 0 Å². The summed E-state index contributed by atoms with van der Waals surface area (Å²) in [7, 11) is 0. The number of ether oxygens (including phenoxy) is 1. The number of carbonyl (C=O) groups is 3. The highest BCUT2D eigenvalue weighted by Gasteiger charge is 2.66. The Morgan fingerprint density at radius 2 is 1.75 bits per heavy atom. The molecule has 0 radical (unpaired) electrons. The van der Waals surface area contributed by atoms with E-state index in [1.165, 1.54) is 35.2 Å². The smallest absolute Gasteiger partial charge is 0.350 e. The van der Waals surface area contributed by atoms with E-state index in [9.17, 15) is 28.0 Å². The third-order valence-corrected chi connectivity index (χ3v) is 8.90. The van der Waals surface area contributed by atoms with E-state index in [0.717, 1.165) is 28.4 Å². The number of anilines is 2. The number of esters is 1. The van der Waals surface area contributed by atoms with E-state index in [1.54, 1.807) is 38.1 Å². The predicted octanol–water partition coefficient (Wildman–Crippen LogP) is 5.46. The number of fused-ring (bicyclic) bond motifs is 5. The first kappa shape index (κ1) is 27.6. The first-order valence-electron chi connectivity index (χ1n) is 13.6. The van der Waals surface area contributed by atoms with Gasteiger partial charge in [-0.3, -0.25) is 19.3 Å². The lowest BCUT2D eigenvalue weighted by molar-refractivity contribution is -0.121. The molecule has 0 saturated carbocycles. The van der Waals surface area contributed by atoms with Crippen molar-refractivity contribution >= 4 is 50.9 Å². The van der Waals surface area contributed by atoms with Gasteiger partial charge in [-0.05, 0) is 55.8 Å². The first-order valence-corrected chi connectivity index (χ1v) is 14.4. The van der Waals surface area contributed by atoms with Crippen molar-refractivity contribution in [3.05, 3.63) is 122 Å². The zero-order valence-electron chi connectivity index (χ0n) is 23.2. The van der Waals surface area contributed by atoms with Crippen molar-refractivity contribution in [2.75, 3.05) is 16.4 Å². The van der Waals surface area contributed by atoms with E-state index in [2.05, 4.69) is 4.98 Å². The average molecular weight is 614 g/mol. The molecule has 2 aliphatic rings. The van der Waals surface area contributed by atoms with Crippen molar-refractivity contribution in [1.29, 1.82) is 0 Å². The maximum absolute atomic E-state index is 14.9. The zero-order valence-corrected chi connectivity index (χ0v) is 24.0. The van der Waals surface area contributed by atoms with Crippen LogP contribution in [0.2, 0.25) is 0 Å². The SMILES string of the molecule is CCOC(=O)c1sc(N2C(=O)c3oc4ccc(F)cc4c(=O)c3C23C(=O)N(Cc2ccc(F)cc2)c2ccccc23)nc1C. The van der Waals surface area contributed by atoms with Crippen LogP contribution in [-0.2, 0) is 21.6 Å².